The van der Waals surface area contributed by atoms with Crippen molar-refractivity contribution in [1.29, 1.82) is 0 Å². The predicted molar refractivity (Wildman–Crippen MR) is 102 cm³/mol. The number of aryl methyl sites for hydroxylation is 2. The molecule has 6 nitrogen and oxygen atoms in total. The number of rotatable bonds is 5. The van der Waals surface area contributed by atoms with Crippen molar-refractivity contribution in [1.82, 2.24) is 15.3 Å². The fourth-order valence-electron chi connectivity index (χ4n) is 3.27. The number of nitrogens with zero attached hydrogens (tertiary/aromatic N) is 3. The molecule has 138 valence electrons. The lowest BCUT2D eigenvalue weighted by Crippen LogP contribution is -2.45. The molecule has 6 heteroatoms. The van der Waals surface area contributed by atoms with Crippen molar-refractivity contribution in [3.63, 3.8) is 0 Å². The van der Waals surface area contributed by atoms with E-state index in [1.165, 1.54) is 0 Å². The number of hydrogen-bond donors (Lipinski definition) is 1. The van der Waals surface area contributed by atoms with Crippen molar-refractivity contribution in [2.45, 2.75) is 39.7 Å². The Bertz CT molecular complexity index is 750. The first-order chi connectivity index (χ1) is 12.5. The smallest absolute Gasteiger partial charge is 0.251 e. The first-order valence-electron chi connectivity index (χ1n) is 9.16. The van der Waals surface area contributed by atoms with Crippen LogP contribution in [0.2, 0.25) is 0 Å². The van der Waals surface area contributed by atoms with E-state index in [9.17, 15) is 4.79 Å². The number of aromatic nitrogens is 2. The standard InChI is InChI=1S/C20H26N4O2/c1-4-26-18-7-5-6-16(13-18)20(25)23-17-8-10-24(11-9-17)19-12-14(2)21-15(3)22-19/h5-7,12-13,17H,4,8-11H2,1-3H3,(H,23,25). The Balaban J connectivity index is 1.56. The minimum absolute atomic E-state index is 0.0428. The van der Waals surface area contributed by atoms with Gasteiger partial charge in [0.2, 0.25) is 0 Å². The molecule has 1 aromatic carbocycles. The summed E-state index contributed by atoms with van der Waals surface area (Å²) in [6, 6.07) is 9.52. The molecule has 0 aliphatic carbocycles. The summed E-state index contributed by atoms with van der Waals surface area (Å²) >= 11 is 0. The summed E-state index contributed by atoms with van der Waals surface area (Å²) in [6.07, 6.45) is 1.80. The van der Waals surface area contributed by atoms with Gasteiger partial charge in [-0.1, -0.05) is 6.07 Å². The third-order valence-electron chi connectivity index (χ3n) is 4.51. The second kappa shape index (κ2) is 8.17. The maximum absolute atomic E-state index is 12.5. The van der Waals surface area contributed by atoms with Crippen LogP contribution in [-0.4, -0.2) is 41.6 Å². The average Bonchev–Trinajstić information content (AvgIpc) is 2.62. The van der Waals surface area contributed by atoms with E-state index in [2.05, 4.69) is 20.2 Å². The van der Waals surface area contributed by atoms with Gasteiger partial charge in [0, 0.05) is 36.5 Å². The number of anilines is 1. The van der Waals surface area contributed by atoms with Gasteiger partial charge in [0.1, 0.15) is 17.4 Å². The molecule has 1 aliphatic rings. The second-order valence-corrected chi connectivity index (χ2v) is 6.61. The van der Waals surface area contributed by atoms with Crippen molar-refractivity contribution < 1.29 is 9.53 Å². The highest BCUT2D eigenvalue weighted by Crippen LogP contribution is 2.19. The fourth-order valence-corrected chi connectivity index (χ4v) is 3.27. The summed E-state index contributed by atoms with van der Waals surface area (Å²) in [7, 11) is 0. The van der Waals surface area contributed by atoms with E-state index < -0.39 is 0 Å². The summed E-state index contributed by atoms with van der Waals surface area (Å²) in [6.45, 7) is 8.17. The van der Waals surface area contributed by atoms with Gasteiger partial charge in [-0.3, -0.25) is 4.79 Å². The molecule has 0 unspecified atom stereocenters. The van der Waals surface area contributed by atoms with Crippen molar-refractivity contribution >= 4 is 11.7 Å². The normalized spacial score (nSPS) is 15.0. The zero-order valence-corrected chi connectivity index (χ0v) is 15.7. The number of carbonyl (C=O) groups is 1. The Morgan fingerprint density at radius 2 is 2.00 bits per heavy atom. The maximum Gasteiger partial charge on any atom is 0.251 e. The van der Waals surface area contributed by atoms with Crippen molar-refractivity contribution in [3.8, 4) is 5.75 Å². The number of ether oxygens (including phenoxy) is 1. The molecule has 3 rings (SSSR count). The van der Waals surface area contributed by atoms with Gasteiger partial charge in [0.05, 0.1) is 6.61 Å². The number of piperidine rings is 1. The van der Waals surface area contributed by atoms with Crippen molar-refractivity contribution in [3.05, 3.63) is 47.4 Å². The molecule has 1 N–H and O–H groups in total. The van der Waals surface area contributed by atoms with Gasteiger partial charge < -0.3 is 15.0 Å². The van der Waals surface area contributed by atoms with Crippen LogP contribution in [-0.2, 0) is 0 Å². The number of hydrogen-bond acceptors (Lipinski definition) is 5. The van der Waals surface area contributed by atoms with Gasteiger partial charge in [-0.25, -0.2) is 9.97 Å². The quantitative estimate of drug-likeness (QED) is 0.894. The van der Waals surface area contributed by atoms with E-state index in [1.54, 1.807) is 6.07 Å². The SMILES string of the molecule is CCOc1cccc(C(=O)NC2CCN(c3cc(C)nc(C)n3)CC2)c1. The highest BCUT2D eigenvalue weighted by molar-refractivity contribution is 5.94. The van der Waals surface area contributed by atoms with Gasteiger partial charge in [-0.05, 0) is 51.8 Å². The van der Waals surface area contributed by atoms with Gasteiger partial charge in [-0.15, -0.1) is 0 Å². The van der Waals surface area contributed by atoms with Crippen LogP contribution in [0.5, 0.6) is 5.75 Å². The molecule has 1 aliphatic heterocycles. The first kappa shape index (κ1) is 18.2. The van der Waals surface area contributed by atoms with Crippen molar-refractivity contribution in [2.24, 2.45) is 0 Å². The number of benzene rings is 1. The van der Waals surface area contributed by atoms with Gasteiger partial charge in [0.15, 0.2) is 0 Å². The third-order valence-corrected chi connectivity index (χ3v) is 4.51. The Labute approximate surface area is 154 Å². The van der Waals surface area contributed by atoms with Crippen LogP contribution in [0.1, 0.15) is 41.6 Å². The molecule has 2 aromatic rings. The molecule has 1 amide bonds. The Morgan fingerprint density at radius 1 is 1.23 bits per heavy atom. The molecule has 0 spiro atoms. The Morgan fingerprint density at radius 3 is 2.69 bits per heavy atom. The first-order valence-corrected chi connectivity index (χ1v) is 9.16. The van der Waals surface area contributed by atoms with Gasteiger partial charge in [0.25, 0.3) is 5.91 Å². The number of amides is 1. The van der Waals surface area contributed by atoms with Gasteiger partial charge >= 0.3 is 0 Å². The summed E-state index contributed by atoms with van der Waals surface area (Å²) in [5, 5.41) is 3.15. The number of nitrogens with one attached hydrogen (secondary N) is 1. The highest BCUT2D eigenvalue weighted by atomic mass is 16.5. The van der Waals surface area contributed by atoms with Gasteiger partial charge in [-0.2, -0.15) is 0 Å². The van der Waals surface area contributed by atoms with E-state index in [0.717, 1.165) is 49.0 Å². The van der Waals surface area contributed by atoms with Crippen molar-refractivity contribution in [2.75, 3.05) is 24.6 Å². The summed E-state index contributed by atoms with van der Waals surface area (Å²) in [5.41, 5.74) is 1.62. The lowest BCUT2D eigenvalue weighted by atomic mass is 10.0. The average molecular weight is 354 g/mol. The lowest BCUT2D eigenvalue weighted by Gasteiger charge is -2.33. The van der Waals surface area contributed by atoms with Crippen LogP contribution in [0.15, 0.2) is 30.3 Å². The zero-order chi connectivity index (χ0) is 18.5. The monoisotopic (exact) mass is 354 g/mol. The summed E-state index contributed by atoms with van der Waals surface area (Å²) < 4.78 is 5.47. The van der Waals surface area contributed by atoms with Crippen LogP contribution < -0.4 is 15.0 Å². The molecule has 26 heavy (non-hydrogen) atoms. The lowest BCUT2D eigenvalue weighted by molar-refractivity contribution is 0.0930. The molecule has 0 bridgehead atoms. The molecule has 0 atom stereocenters. The van der Waals surface area contributed by atoms with E-state index >= 15 is 0 Å². The maximum atomic E-state index is 12.5. The van der Waals surface area contributed by atoms with Crippen LogP contribution in [0.25, 0.3) is 0 Å². The molecule has 0 saturated carbocycles. The molecule has 1 saturated heterocycles. The molecular formula is C20H26N4O2. The minimum atomic E-state index is -0.0428. The summed E-state index contributed by atoms with van der Waals surface area (Å²) in [5.74, 6) is 2.46. The predicted octanol–water partition coefficient (Wildman–Crippen LogP) is 2.89. The topological polar surface area (TPSA) is 67.3 Å². The van der Waals surface area contributed by atoms with Crippen LogP contribution in [0.4, 0.5) is 5.82 Å². The molecular weight excluding hydrogens is 328 g/mol. The van der Waals surface area contributed by atoms with E-state index in [4.69, 9.17) is 4.74 Å². The molecule has 2 heterocycles. The van der Waals surface area contributed by atoms with E-state index in [1.807, 2.05) is 45.0 Å². The second-order valence-electron chi connectivity index (χ2n) is 6.61. The van der Waals surface area contributed by atoms with Crippen LogP contribution in [0, 0.1) is 13.8 Å². The van der Waals surface area contributed by atoms with Crippen LogP contribution in [0.3, 0.4) is 0 Å². The number of carbonyl (C=O) groups excluding carboxylic acids is 1. The largest absolute Gasteiger partial charge is 0.494 e. The Hall–Kier alpha value is -2.63. The highest BCUT2D eigenvalue weighted by Gasteiger charge is 2.22. The van der Waals surface area contributed by atoms with Crippen LogP contribution >= 0.6 is 0 Å². The minimum Gasteiger partial charge on any atom is -0.494 e. The molecule has 1 fully saturated rings. The van der Waals surface area contributed by atoms with E-state index in [-0.39, 0.29) is 11.9 Å². The zero-order valence-electron chi connectivity index (χ0n) is 15.7. The summed E-state index contributed by atoms with van der Waals surface area (Å²) in [4.78, 5) is 23.6. The molecule has 0 radical (unpaired) electrons. The molecule has 1 aromatic heterocycles. The van der Waals surface area contributed by atoms with E-state index in [0.29, 0.717) is 12.2 Å². The fraction of sp³-hybridized carbons (Fsp3) is 0.450. The Kier molecular flexibility index (Phi) is 5.71. The third kappa shape index (κ3) is 4.50.